The van der Waals surface area contributed by atoms with Gasteiger partial charge in [0.05, 0.1) is 4.92 Å². The van der Waals surface area contributed by atoms with E-state index in [-0.39, 0.29) is 18.2 Å². The van der Waals surface area contributed by atoms with Gasteiger partial charge in [0.25, 0.3) is 5.69 Å². The number of ether oxygens (including phenoxy) is 1. The second kappa shape index (κ2) is 6.62. The van der Waals surface area contributed by atoms with Crippen molar-refractivity contribution in [2.45, 2.75) is 0 Å². The zero-order valence-electron chi connectivity index (χ0n) is 11.4. The van der Waals surface area contributed by atoms with E-state index in [0.29, 0.717) is 11.3 Å². The molecule has 0 aromatic heterocycles. The van der Waals surface area contributed by atoms with Gasteiger partial charge >= 0.3 is 0 Å². The summed E-state index contributed by atoms with van der Waals surface area (Å²) in [5.74, 6) is -0.256. The van der Waals surface area contributed by atoms with E-state index in [9.17, 15) is 14.9 Å². The lowest BCUT2D eigenvalue weighted by atomic mass is 10.0. The summed E-state index contributed by atoms with van der Waals surface area (Å²) >= 11 is 0. The largest absolute Gasteiger partial charge is 0.375 e. The monoisotopic (exact) mass is 286 g/mol. The smallest absolute Gasteiger partial charge is 0.270 e. The summed E-state index contributed by atoms with van der Waals surface area (Å²) in [5, 5.41) is 13.5. The molecule has 0 heterocycles. The van der Waals surface area contributed by atoms with Gasteiger partial charge in [0.1, 0.15) is 6.61 Å². The summed E-state index contributed by atoms with van der Waals surface area (Å²) in [6.07, 6.45) is 0. The number of carbonyl (C=O) groups is 1. The Kier molecular flexibility index (Phi) is 4.63. The zero-order valence-corrected chi connectivity index (χ0v) is 11.4. The summed E-state index contributed by atoms with van der Waals surface area (Å²) in [4.78, 5) is 21.8. The SMILES string of the molecule is COCC(=O)Nc1cccc(-c2cccc([N+](=O)[O-])c2)c1. The van der Waals surface area contributed by atoms with Crippen molar-refractivity contribution in [2.75, 3.05) is 19.0 Å². The van der Waals surface area contributed by atoms with E-state index in [4.69, 9.17) is 4.74 Å². The van der Waals surface area contributed by atoms with Crippen LogP contribution in [0, 0.1) is 10.1 Å². The van der Waals surface area contributed by atoms with E-state index in [2.05, 4.69) is 5.32 Å². The van der Waals surface area contributed by atoms with Crippen molar-refractivity contribution in [3.63, 3.8) is 0 Å². The van der Waals surface area contributed by atoms with Crippen LogP contribution in [0.5, 0.6) is 0 Å². The van der Waals surface area contributed by atoms with Crippen molar-refractivity contribution in [1.29, 1.82) is 0 Å². The van der Waals surface area contributed by atoms with Gasteiger partial charge in [-0.15, -0.1) is 0 Å². The molecule has 0 unspecified atom stereocenters. The normalized spacial score (nSPS) is 10.1. The Labute approximate surface area is 121 Å². The summed E-state index contributed by atoms with van der Waals surface area (Å²) in [6, 6.07) is 13.4. The Balaban J connectivity index is 2.26. The van der Waals surface area contributed by atoms with Gasteiger partial charge < -0.3 is 10.1 Å². The molecule has 6 heteroatoms. The molecule has 0 saturated heterocycles. The molecule has 21 heavy (non-hydrogen) atoms. The maximum atomic E-state index is 11.5. The minimum Gasteiger partial charge on any atom is -0.375 e. The van der Waals surface area contributed by atoms with Crippen molar-refractivity contribution >= 4 is 17.3 Å². The molecule has 0 aliphatic heterocycles. The number of methoxy groups -OCH3 is 1. The molecule has 2 aromatic rings. The maximum Gasteiger partial charge on any atom is 0.270 e. The van der Waals surface area contributed by atoms with Crippen LogP contribution >= 0.6 is 0 Å². The summed E-state index contributed by atoms with van der Waals surface area (Å²) in [6.45, 7) is -0.0267. The number of carbonyl (C=O) groups excluding carboxylic acids is 1. The number of nitrogens with one attached hydrogen (secondary N) is 1. The fourth-order valence-electron chi connectivity index (χ4n) is 1.90. The van der Waals surface area contributed by atoms with Crippen LogP contribution in [0.3, 0.4) is 0 Å². The lowest BCUT2D eigenvalue weighted by Crippen LogP contribution is -2.16. The van der Waals surface area contributed by atoms with Crippen molar-refractivity contribution in [2.24, 2.45) is 0 Å². The van der Waals surface area contributed by atoms with Crippen LogP contribution in [-0.4, -0.2) is 24.5 Å². The van der Waals surface area contributed by atoms with Crippen LogP contribution in [0.2, 0.25) is 0 Å². The molecule has 0 atom stereocenters. The number of hydrogen-bond donors (Lipinski definition) is 1. The Bertz CT molecular complexity index is 670. The van der Waals surface area contributed by atoms with E-state index in [1.807, 2.05) is 6.07 Å². The van der Waals surface area contributed by atoms with Crippen molar-refractivity contribution in [3.05, 3.63) is 58.6 Å². The molecular formula is C15H14N2O4. The lowest BCUT2D eigenvalue weighted by Gasteiger charge is -2.07. The van der Waals surface area contributed by atoms with E-state index in [1.165, 1.54) is 19.2 Å². The molecule has 0 spiro atoms. The number of nitro benzene ring substituents is 1. The van der Waals surface area contributed by atoms with Crippen LogP contribution in [0.1, 0.15) is 0 Å². The highest BCUT2D eigenvalue weighted by Crippen LogP contribution is 2.25. The first kappa shape index (κ1) is 14.7. The Morgan fingerprint density at radius 1 is 1.19 bits per heavy atom. The predicted molar refractivity (Wildman–Crippen MR) is 79.0 cm³/mol. The number of anilines is 1. The molecule has 0 radical (unpaired) electrons. The third-order valence-electron chi connectivity index (χ3n) is 2.81. The van der Waals surface area contributed by atoms with Gasteiger partial charge in [-0.25, -0.2) is 0 Å². The highest BCUT2D eigenvalue weighted by molar-refractivity contribution is 5.92. The fourth-order valence-corrected chi connectivity index (χ4v) is 1.90. The predicted octanol–water partition coefficient (Wildman–Crippen LogP) is 2.85. The van der Waals surface area contributed by atoms with Gasteiger partial charge in [-0.2, -0.15) is 0 Å². The Morgan fingerprint density at radius 3 is 2.52 bits per heavy atom. The highest BCUT2D eigenvalue weighted by atomic mass is 16.6. The Morgan fingerprint density at radius 2 is 1.86 bits per heavy atom. The molecule has 6 nitrogen and oxygen atoms in total. The molecule has 2 aromatic carbocycles. The molecule has 0 aliphatic carbocycles. The van der Waals surface area contributed by atoms with Crippen LogP contribution in [0.15, 0.2) is 48.5 Å². The fraction of sp³-hybridized carbons (Fsp3) is 0.133. The van der Waals surface area contributed by atoms with Gasteiger partial charge in [0.2, 0.25) is 5.91 Å². The molecule has 0 saturated carbocycles. The van der Waals surface area contributed by atoms with Crippen molar-refractivity contribution < 1.29 is 14.5 Å². The van der Waals surface area contributed by atoms with Crippen LogP contribution < -0.4 is 5.32 Å². The summed E-state index contributed by atoms with van der Waals surface area (Å²) < 4.78 is 4.75. The molecular weight excluding hydrogens is 272 g/mol. The molecule has 0 bridgehead atoms. The molecule has 1 amide bonds. The first-order valence-corrected chi connectivity index (χ1v) is 6.24. The highest BCUT2D eigenvalue weighted by Gasteiger charge is 2.08. The van der Waals surface area contributed by atoms with Crippen LogP contribution in [-0.2, 0) is 9.53 Å². The number of non-ortho nitro benzene ring substituents is 1. The molecule has 0 fully saturated rings. The second-order valence-corrected chi connectivity index (χ2v) is 4.37. The van der Waals surface area contributed by atoms with Gasteiger partial charge in [0.15, 0.2) is 0 Å². The van der Waals surface area contributed by atoms with E-state index in [1.54, 1.807) is 30.3 Å². The summed E-state index contributed by atoms with van der Waals surface area (Å²) in [7, 11) is 1.44. The average Bonchev–Trinajstić information content (AvgIpc) is 2.48. The third-order valence-corrected chi connectivity index (χ3v) is 2.81. The van der Waals surface area contributed by atoms with Gasteiger partial charge in [-0.05, 0) is 23.3 Å². The summed E-state index contributed by atoms with van der Waals surface area (Å²) in [5.41, 5.74) is 2.14. The second-order valence-electron chi connectivity index (χ2n) is 4.37. The first-order chi connectivity index (χ1) is 10.1. The van der Waals surface area contributed by atoms with E-state index < -0.39 is 4.92 Å². The van der Waals surface area contributed by atoms with Crippen molar-refractivity contribution in [3.8, 4) is 11.1 Å². The Hall–Kier alpha value is -2.73. The van der Waals surface area contributed by atoms with Crippen LogP contribution in [0.4, 0.5) is 11.4 Å². The standard InChI is InChI=1S/C15H14N2O4/c1-21-10-15(18)16-13-6-2-4-11(8-13)12-5-3-7-14(9-12)17(19)20/h2-9H,10H2,1H3,(H,16,18). The topological polar surface area (TPSA) is 81.5 Å². The minimum absolute atomic E-state index is 0.0267. The number of nitro groups is 1. The maximum absolute atomic E-state index is 11.5. The number of amides is 1. The molecule has 1 N–H and O–H groups in total. The number of rotatable bonds is 5. The van der Waals surface area contributed by atoms with Gasteiger partial charge in [-0.3, -0.25) is 14.9 Å². The number of hydrogen-bond acceptors (Lipinski definition) is 4. The van der Waals surface area contributed by atoms with Crippen LogP contribution in [0.25, 0.3) is 11.1 Å². The van der Waals surface area contributed by atoms with Crippen molar-refractivity contribution in [1.82, 2.24) is 0 Å². The zero-order chi connectivity index (χ0) is 15.2. The van der Waals surface area contributed by atoms with E-state index >= 15 is 0 Å². The quantitative estimate of drug-likeness (QED) is 0.677. The number of benzene rings is 2. The molecule has 0 aliphatic rings. The van der Waals surface area contributed by atoms with E-state index in [0.717, 1.165) is 5.56 Å². The van der Waals surface area contributed by atoms with Gasteiger partial charge in [0, 0.05) is 24.9 Å². The molecule has 2 rings (SSSR count). The minimum atomic E-state index is -0.437. The number of nitrogens with zero attached hydrogens (tertiary/aromatic N) is 1. The van der Waals surface area contributed by atoms with Gasteiger partial charge in [-0.1, -0.05) is 24.3 Å². The third kappa shape index (κ3) is 3.87. The molecule has 108 valence electrons. The lowest BCUT2D eigenvalue weighted by molar-refractivity contribution is -0.384. The average molecular weight is 286 g/mol. The first-order valence-electron chi connectivity index (χ1n) is 6.24.